The van der Waals surface area contributed by atoms with Gasteiger partial charge < -0.3 is 15.7 Å². The van der Waals surface area contributed by atoms with Crippen molar-refractivity contribution in [1.82, 2.24) is 20.4 Å². The number of amides is 1. The fourth-order valence-corrected chi connectivity index (χ4v) is 5.18. The third kappa shape index (κ3) is 5.94. The summed E-state index contributed by atoms with van der Waals surface area (Å²) in [6.07, 6.45) is 3.37. The quantitative estimate of drug-likeness (QED) is 0.314. The Hall–Kier alpha value is -3.58. The smallest absolute Gasteiger partial charge is 0.341 e. The molecule has 1 saturated heterocycles. The van der Waals surface area contributed by atoms with Gasteiger partial charge in [-0.2, -0.15) is 13.9 Å². The lowest BCUT2D eigenvalue weighted by Gasteiger charge is -2.42. The molecular formula is C25H28F3N5O4S. The van der Waals surface area contributed by atoms with E-state index in [2.05, 4.69) is 25.7 Å². The highest BCUT2D eigenvalue weighted by Gasteiger charge is 2.35. The van der Waals surface area contributed by atoms with Crippen LogP contribution in [0, 0.1) is 5.82 Å². The van der Waals surface area contributed by atoms with E-state index >= 15 is 0 Å². The van der Waals surface area contributed by atoms with E-state index in [-0.39, 0.29) is 28.9 Å². The average Bonchev–Trinajstić information content (AvgIpc) is 3.36. The Morgan fingerprint density at radius 3 is 2.50 bits per heavy atom. The van der Waals surface area contributed by atoms with Crippen LogP contribution in [0.25, 0.3) is 0 Å². The molecule has 4 N–H and O–H groups in total. The molecule has 0 aliphatic carbocycles. The first-order valence-corrected chi connectivity index (χ1v) is 13.5. The highest BCUT2D eigenvalue weighted by molar-refractivity contribution is 7.91. The number of hydrogen-bond acceptors (Lipinski definition) is 7. The zero-order chi connectivity index (χ0) is 27.5. The molecule has 3 aromatic rings. The van der Waals surface area contributed by atoms with E-state index in [0.717, 1.165) is 12.1 Å². The first kappa shape index (κ1) is 27.5. The predicted molar refractivity (Wildman–Crippen MR) is 135 cm³/mol. The number of likely N-dealkylation sites (tertiary alicyclic amines) is 1. The van der Waals surface area contributed by atoms with Crippen LogP contribution in [0.5, 0.6) is 5.75 Å². The fourth-order valence-electron chi connectivity index (χ4n) is 4.46. The number of H-pyrrole nitrogens is 1. The van der Waals surface area contributed by atoms with Gasteiger partial charge >= 0.3 is 5.76 Å². The number of aromatic nitrogens is 2. The normalized spacial score (nSPS) is 15.9. The minimum atomic E-state index is -4.71. The van der Waals surface area contributed by atoms with Crippen molar-refractivity contribution < 1.29 is 31.5 Å². The van der Waals surface area contributed by atoms with Gasteiger partial charge in [0.2, 0.25) is 9.84 Å². The third-order valence-corrected chi connectivity index (χ3v) is 8.26. The number of benzene rings is 2. The number of phenols is 1. The van der Waals surface area contributed by atoms with Crippen LogP contribution in [-0.2, 0) is 16.4 Å². The van der Waals surface area contributed by atoms with Crippen molar-refractivity contribution in [3.63, 3.8) is 0 Å². The Kier molecular flexibility index (Phi) is 7.97. The summed E-state index contributed by atoms with van der Waals surface area (Å²) in [6, 6.07) is 8.68. The maximum absolute atomic E-state index is 14.1. The highest BCUT2D eigenvalue weighted by atomic mass is 32.2. The number of aromatic amines is 1. The van der Waals surface area contributed by atoms with Crippen molar-refractivity contribution in [3.05, 3.63) is 65.6 Å². The summed E-state index contributed by atoms with van der Waals surface area (Å²) in [5, 5.41) is 22.4. The van der Waals surface area contributed by atoms with E-state index in [1.807, 2.05) is 6.92 Å². The molecule has 13 heteroatoms. The number of hydrogen-bond donors (Lipinski definition) is 4. The number of aromatic hydroxyl groups is 1. The Morgan fingerprint density at radius 1 is 1.18 bits per heavy atom. The lowest BCUT2D eigenvalue weighted by Crippen LogP contribution is -2.54. The molecule has 0 bridgehead atoms. The summed E-state index contributed by atoms with van der Waals surface area (Å²) in [5.74, 6) is -4.07. The molecule has 0 spiro atoms. The highest BCUT2D eigenvalue weighted by Crippen LogP contribution is 2.29. The molecule has 9 nitrogen and oxygen atoms in total. The molecule has 2 aromatic carbocycles. The van der Waals surface area contributed by atoms with Gasteiger partial charge in [0.05, 0.1) is 4.90 Å². The van der Waals surface area contributed by atoms with Crippen LogP contribution in [0.2, 0.25) is 0 Å². The average molecular weight is 552 g/mol. The molecule has 1 aliphatic rings. The number of nitrogens with one attached hydrogen (secondary N) is 3. The Labute approximate surface area is 218 Å². The molecule has 1 fully saturated rings. The van der Waals surface area contributed by atoms with Gasteiger partial charge in [-0.3, -0.25) is 14.8 Å². The number of sulfone groups is 1. The molecule has 2 heterocycles. The first-order chi connectivity index (χ1) is 18.0. The lowest BCUT2D eigenvalue weighted by molar-refractivity contribution is 0.0791. The molecule has 1 amide bonds. The molecular weight excluding hydrogens is 523 g/mol. The van der Waals surface area contributed by atoms with Crippen LogP contribution in [0.1, 0.15) is 42.1 Å². The predicted octanol–water partition coefficient (Wildman–Crippen LogP) is 4.17. The number of phenolic OH excluding ortho intramolecular Hbond substituents is 1. The van der Waals surface area contributed by atoms with Gasteiger partial charge in [-0.15, -0.1) is 0 Å². The summed E-state index contributed by atoms with van der Waals surface area (Å²) < 4.78 is 62.9. The number of alkyl halides is 2. The van der Waals surface area contributed by atoms with Gasteiger partial charge in [0.25, 0.3) is 5.91 Å². The van der Waals surface area contributed by atoms with Gasteiger partial charge in [0.1, 0.15) is 17.1 Å². The van der Waals surface area contributed by atoms with Crippen LogP contribution in [0.15, 0.2) is 53.6 Å². The monoisotopic (exact) mass is 551 g/mol. The molecule has 1 aromatic heterocycles. The van der Waals surface area contributed by atoms with Crippen molar-refractivity contribution in [2.24, 2.45) is 0 Å². The molecule has 1 aliphatic heterocycles. The number of anilines is 2. The van der Waals surface area contributed by atoms with E-state index in [4.69, 9.17) is 0 Å². The minimum Gasteiger partial charge on any atom is -0.508 e. The molecule has 0 unspecified atom stereocenters. The maximum Gasteiger partial charge on any atom is 0.341 e. The molecule has 0 saturated carbocycles. The van der Waals surface area contributed by atoms with Crippen LogP contribution in [0.3, 0.4) is 0 Å². The summed E-state index contributed by atoms with van der Waals surface area (Å²) in [6.45, 7) is 3.57. The number of rotatable bonds is 9. The number of halogens is 3. The number of carbonyl (C=O) groups excluding carboxylic acids is 1. The van der Waals surface area contributed by atoms with E-state index in [0.29, 0.717) is 50.1 Å². The van der Waals surface area contributed by atoms with Gasteiger partial charge in [-0.25, -0.2) is 12.8 Å². The van der Waals surface area contributed by atoms with E-state index in [1.54, 1.807) is 0 Å². The zero-order valence-electron chi connectivity index (χ0n) is 20.5. The van der Waals surface area contributed by atoms with Crippen molar-refractivity contribution >= 4 is 27.2 Å². The first-order valence-electron chi connectivity index (χ1n) is 12.0. The van der Waals surface area contributed by atoms with Crippen LogP contribution in [0.4, 0.5) is 24.7 Å². The summed E-state index contributed by atoms with van der Waals surface area (Å²) in [7, 11) is -4.71. The second-order valence-electron chi connectivity index (χ2n) is 9.24. The van der Waals surface area contributed by atoms with Crippen LogP contribution in [-0.4, -0.2) is 58.9 Å². The van der Waals surface area contributed by atoms with Gasteiger partial charge in [0.15, 0.2) is 5.82 Å². The topological polar surface area (TPSA) is 127 Å². The van der Waals surface area contributed by atoms with Gasteiger partial charge in [0, 0.05) is 42.6 Å². The van der Waals surface area contributed by atoms with Crippen molar-refractivity contribution in [2.75, 3.05) is 18.4 Å². The van der Waals surface area contributed by atoms with Crippen LogP contribution < -0.4 is 10.6 Å². The summed E-state index contributed by atoms with van der Waals surface area (Å²) in [4.78, 5) is 14.8. The standard InChI is InChI=1S/C25H28F3N5O4S/c1-2-25(9-11-33(12-10-25)15-16-13-18(34)5-8-21(16)26)31-23(35)20-14-29-32-22(20)30-17-3-6-19(7-4-17)38(36,37)24(27)28/h3-8,13-14,24,34H,2,9-12,15H2,1H3,(H,31,35)(H2,29,30,32). The second kappa shape index (κ2) is 11.0. The minimum absolute atomic E-state index is 0.00670. The second-order valence-corrected chi connectivity index (χ2v) is 11.2. The fraction of sp³-hybridized carbons (Fsp3) is 0.360. The van der Waals surface area contributed by atoms with E-state index < -0.39 is 26.0 Å². The Balaban J connectivity index is 1.40. The van der Waals surface area contributed by atoms with Crippen molar-refractivity contribution in [2.45, 2.75) is 48.9 Å². The van der Waals surface area contributed by atoms with Gasteiger partial charge in [-0.1, -0.05) is 6.92 Å². The number of carbonyl (C=O) groups is 1. The zero-order valence-corrected chi connectivity index (χ0v) is 21.4. The van der Waals surface area contributed by atoms with Crippen LogP contribution >= 0.6 is 0 Å². The SMILES string of the molecule is CCC1(NC(=O)c2c[nH]nc2Nc2ccc(S(=O)(=O)C(F)F)cc2)CCN(Cc2cc(O)ccc2F)CC1. The molecule has 38 heavy (non-hydrogen) atoms. The van der Waals surface area contributed by atoms with E-state index in [9.17, 15) is 31.5 Å². The maximum atomic E-state index is 14.1. The lowest BCUT2D eigenvalue weighted by atomic mass is 9.84. The van der Waals surface area contributed by atoms with Gasteiger partial charge in [-0.05, 0) is 61.7 Å². The molecule has 0 radical (unpaired) electrons. The number of piperidine rings is 1. The van der Waals surface area contributed by atoms with Crippen molar-refractivity contribution in [3.8, 4) is 5.75 Å². The Bertz CT molecular complexity index is 1390. The largest absolute Gasteiger partial charge is 0.508 e. The van der Waals surface area contributed by atoms with Crippen molar-refractivity contribution in [1.29, 1.82) is 0 Å². The number of nitrogens with zero attached hydrogens (tertiary/aromatic N) is 2. The summed E-state index contributed by atoms with van der Waals surface area (Å²) >= 11 is 0. The summed E-state index contributed by atoms with van der Waals surface area (Å²) in [5.41, 5.74) is 0.514. The molecule has 4 rings (SSSR count). The Morgan fingerprint density at radius 2 is 1.87 bits per heavy atom. The third-order valence-electron chi connectivity index (χ3n) is 6.86. The molecule has 0 atom stereocenters. The molecule has 204 valence electrons. The van der Waals surface area contributed by atoms with E-state index in [1.165, 1.54) is 36.5 Å².